The lowest BCUT2D eigenvalue weighted by Gasteiger charge is -2.22. The molecule has 0 atom stereocenters. The van der Waals surface area contributed by atoms with Gasteiger partial charge in [-0.05, 0) is 48.9 Å². The summed E-state index contributed by atoms with van der Waals surface area (Å²) < 4.78 is 7.88. The van der Waals surface area contributed by atoms with Gasteiger partial charge in [0.2, 0.25) is 0 Å². The second-order valence-corrected chi connectivity index (χ2v) is 6.77. The molecule has 2 rings (SSSR count). The Labute approximate surface area is 137 Å². The average molecular weight is 399 g/mol. The first-order valence-corrected chi connectivity index (χ1v) is 7.67. The molecular formula is C15H18IN3O2. The van der Waals surface area contributed by atoms with Crippen molar-refractivity contribution in [2.45, 2.75) is 32.9 Å². The van der Waals surface area contributed by atoms with Gasteiger partial charge in [0.1, 0.15) is 12.4 Å². The van der Waals surface area contributed by atoms with Crippen molar-refractivity contribution in [3.63, 3.8) is 0 Å². The second-order valence-electron chi connectivity index (χ2n) is 5.61. The van der Waals surface area contributed by atoms with Gasteiger partial charge in [0, 0.05) is 0 Å². The number of hydrogen-bond donors (Lipinski definition) is 1. The number of aromatic nitrogens is 2. The number of carbonyl (C=O) groups is 1. The molecule has 1 aromatic carbocycles. The molecule has 0 saturated heterocycles. The van der Waals surface area contributed by atoms with E-state index in [2.05, 4.69) is 33.0 Å². The molecule has 6 heteroatoms. The second kappa shape index (κ2) is 6.46. The number of hydrogen-bond acceptors (Lipinski definition) is 3. The van der Waals surface area contributed by atoms with Crippen molar-refractivity contribution >= 4 is 34.5 Å². The van der Waals surface area contributed by atoms with E-state index in [9.17, 15) is 4.79 Å². The highest BCUT2D eigenvalue weighted by Gasteiger charge is 2.21. The normalized spacial score (nSPS) is 11.2. The standard InChI is InChI=1S/C15H18IN3O2/c1-15(2,3)19-13(12(16)9-17-19)18-14(20)21-10-11-7-5-4-6-8-11/h4-9H,10H2,1-3H3,(H,18,20). The Morgan fingerprint density at radius 2 is 2.00 bits per heavy atom. The van der Waals surface area contributed by atoms with E-state index in [0.717, 1.165) is 9.13 Å². The predicted molar refractivity (Wildman–Crippen MR) is 90.2 cm³/mol. The van der Waals surface area contributed by atoms with Gasteiger partial charge in [0.25, 0.3) is 0 Å². The number of nitrogens with one attached hydrogen (secondary N) is 1. The van der Waals surface area contributed by atoms with Gasteiger partial charge in [-0.3, -0.25) is 5.32 Å². The lowest BCUT2D eigenvalue weighted by molar-refractivity contribution is 0.154. The van der Waals surface area contributed by atoms with Gasteiger partial charge in [0.05, 0.1) is 15.3 Å². The Morgan fingerprint density at radius 3 is 2.62 bits per heavy atom. The van der Waals surface area contributed by atoms with E-state index in [1.807, 2.05) is 51.1 Å². The summed E-state index contributed by atoms with van der Waals surface area (Å²) in [4.78, 5) is 11.9. The van der Waals surface area contributed by atoms with E-state index in [0.29, 0.717) is 5.82 Å². The molecule has 0 unspecified atom stereocenters. The highest BCUT2D eigenvalue weighted by Crippen LogP contribution is 2.25. The molecule has 0 aliphatic rings. The fourth-order valence-electron chi connectivity index (χ4n) is 1.81. The van der Waals surface area contributed by atoms with Gasteiger partial charge >= 0.3 is 6.09 Å². The minimum atomic E-state index is -0.484. The van der Waals surface area contributed by atoms with E-state index in [1.165, 1.54) is 0 Å². The summed E-state index contributed by atoms with van der Waals surface area (Å²) in [7, 11) is 0. The van der Waals surface area contributed by atoms with E-state index in [4.69, 9.17) is 4.74 Å². The van der Waals surface area contributed by atoms with E-state index >= 15 is 0 Å². The SMILES string of the molecule is CC(C)(C)n1ncc(I)c1NC(=O)OCc1ccccc1. The van der Waals surface area contributed by atoms with Crippen LogP contribution >= 0.6 is 22.6 Å². The van der Waals surface area contributed by atoms with E-state index in [1.54, 1.807) is 10.9 Å². The van der Waals surface area contributed by atoms with Gasteiger partial charge in [-0.15, -0.1) is 0 Å². The van der Waals surface area contributed by atoms with Crippen molar-refractivity contribution < 1.29 is 9.53 Å². The fourth-order valence-corrected chi connectivity index (χ4v) is 2.29. The molecule has 1 aromatic heterocycles. The average Bonchev–Trinajstić information content (AvgIpc) is 2.79. The molecule has 2 aromatic rings. The molecule has 1 amide bonds. The van der Waals surface area contributed by atoms with Crippen molar-refractivity contribution in [3.05, 3.63) is 45.7 Å². The van der Waals surface area contributed by atoms with Crippen molar-refractivity contribution in [1.82, 2.24) is 9.78 Å². The van der Waals surface area contributed by atoms with E-state index in [-0.39, 0.29) is 12.1 Å². The zero-order chi connectivity index (χ0) is 15.5. The highest BCUT2D eigenvalue weighted by molar-refractivity contribution is 14.1. The smallest absolute Gasteiger partial charge is 0.413 e. The molecule has 0 radical (unpaired) electrons. The van der Waals surface area contributed by atoms with Crippen LogP contribution in [0, 0.1) is 3.57 Å². The Kier molecular flexibility index (Phi) is 4.87. The Balaban J connectivity index is 2.02. The zero-order valence-corrected chi connectivity index (χ0v) is 14.4. The van der Waals surface area contributed by atoms with Gasteiger partial charge < -0.3 is 4.74 Å². The van der Waals surface area contributed by atoms with Crippen LogP contribution in [0.5, 0.6) is 0 Å². The van der Waals surface area contributed by atoms with Crippen LogP contribution in [0.25, 0.3) is 0 Å². The maximum atomic E-state index is 11.9. The monoisotopic (exact) mass is 399 g/mol. The number of carbonyl (C=O) groups excluding carboxylic acids is 1. The van der Waals surface area contributed by atoms with Crippen LogP contribution in [0.15, 0.2) is 36.5 Å². The summed E-state index contributed by atoms with van der Waals surface area (Å²) in [6.45, 7) is 6.32. The third-order valence-electron chi connectivity index (χ3n) is 2.79. The third kappa shape index (κ3) is 4.20. The van der Waals surface area contributed by atoms with Crippen LogP contribution in [0.3, 0.4) is 0 Å². The largest absolute Gasteiger partial charge is 0.444 e. The number of rotatable bonds is 3. The molecule has 112 valence electrons. The number of amides is 1. The summed E-state index contributed by atoms with van der Waals surface area (Å²) in [5.41, 5.74) is 0.734. The first kappa shape index (κ1) is 15.8. The first-order chi connectivity index (χ1) is 9.88. The molecule has 21 heavy (non-hydrogen) atoms. The lowest BCUT2D eigenvalue weighted by atomic mass is 10.1. The van der Waals surface area contributed by atoms with Crippen molar-refractivity contribution in [2.75, 3.05) is 5.32 Å². The molecule has 0 saturated carbocycles. The Hall–Kier alpha value is -1.57. The molecule has 0 fully saturated rings. The van der Waals surface area contributed by atoms with Gasteiger partial charge in [0.15, 0.2) is 0 Å². The molecule has 1 N–H and O–H groups in total. The molecular weight excluding hydrogens is 381 g/mol. The maximum absolute atomic E-state index is 11.9. The van der Waals surface area contributed by atoms with Crippen LogP contribution in [0.2, 0.25) is 0 Å². The number of nitrogens with zero attached hydrogens (tertiary/aromatic N) is 2. The molecule has 0 bridgehead atoms. The molecule has 0 aliphatic heterocycles. The minimum absolute atomic E-state index is 0.217. The van der Waals surface area contributed by atoms with Crippen molar-refractivity contribution in [1.29, 1.82) is 0 Å². The zero-order valence-electron chi connectivity index (χ0n) is 12.3. The third-order valence-corrected chi connectivity index (χ3v) is 3.58. The van der Waals surface area contributed by atoms with Crippen LogP contribution in [0.4, 0.5) is 10.6 Å². The summed E-state index contributed by atoms with van der Waals surface area (Å²) in [6.07, 6.45) is 1.24. The van der Waals surface area contributed by atoms with Gasteiger partial charge in [-0.2, -0.15) is 5.10 Å². The lowest BCUT2D eigenvalue weighted by Crippen LogP contribution is -2.27. The van der Waals surface area contributed by atoms with Crippen LogP contribution < -0.4 is 5.32 Å². The highest BCUT2D eigenvalue weighted by atomic mass is 127. The summed E-state index contributed by atoms with van der Waals surface area (Å²) in [6, 6.07) is 9.57. The quantitative estimate of drug-likeness (QED) is 0.795. The van der Waals surface area contributed by atoms with Crippen molar-refractivity contribution in [2.24, 2.45) is 0 Å². The molecule has 0 aliphatic carbocycles. The molecule has 1 heterocycles. The predicted octanol–water partition coefficient (Wildman–Crippen LogP) is 3.99. The van der Waals surface area contributed by atoms with E-state index < -0.39 is 6.09 Å². The number of ether oxygens (including phenoxy) is 1. The number of benzene rings is 1. The minimum Gasteiger partial charge on any atom is -0.444 e. The van der Waals surface area contributed by atoms with Crippen molar-refractivity contribution in [3.8, 4) is 0 Å². The summed E-state index contributed by atoms with van der Waals surface area (Å²) in [5, 5.41) is 7.06. The van der Waals surface area contributed by atoms with Crippen LogP contribution in [-0.2, 0) is 16.9 Å². The fraction of sp³-hybridized carbons (Fsp3) is 0.333. The first-order valence-electron chi connectivity index (χ1n) is 6.59. The Bertz CT molecular complexity index is 618. The molecule has 0 spiro atoms. The van der Waals surface area contributed by atoms with Gasteiger partial charge in [-0.1, -0.05) is 30.3 Å². The maximum Gasteiger partial charge on any atom is 0.413 e. The number of halogens is 1. The Morgan fingerprint density at radius 1 is 1.33 bits per heavy atom. The van der Waals surface area contributed by atoms with Gasteiger partial charge in [-0.25, -0.2) is 9.48 Å². The molecule has 5 nitrogen and oxygen atoms in total. The number of anilines is 1. The van der Waals surface area contributed by atoms with Crippen LogP contribution in [-0.4, -0.2) is 15.9 Å². The van der Waals surface area contributed by atoms with Crippen LogP contribution in [0.1, 0.15) is 26.3 Å². The summed E-state index contributed by atoms with van der Waals surface area (Å²) >= 11 is 2.14. The summed E-state index contributed by atoms with van der Waals surface area (Å²) in [5.74, 6) is 0.654. The topological polar surface area (TPSA) is 56.2 Å².